The zero-order valence-corrected chi connectivity index (χ0v) is 9.27. The molecule has 1 rings (SSSR count). The van der Waals surface area contributed by atoms with Gasteiger partial charge in [0.05, 0.1) is 20.1 Å². The molecule has 0 spiro atoms. The van der Waals surface area contributed by atoms with Gasteiger partial charge in [-0.25, -0.2) is 0 Å². The van der Waals surface area contributed by atoms with Crippen LogP contribution in [-0.2, 0) is 4.79 Å². The van der Waals surface area contributed by atoms with Gasteiger partial charge in [-0.1, -0.05) is 6.07 Å². The van der Waals surface area contributed by atoms with Gasteiger partial charge in [0.15, 0.2) is 0 Å². The van der Waals surface area contributed by atoms with Crippen molar-refractivity contribution in [2.24, 2.45) is 5.73 Å². The van der Waals surface area contributed by atoms with Crippen LogP contribution in [0.2, 0.25) is 0 Å². The summed E-state index contributed by atoms with van der Waals surface area (Å²) in [6.45, 7) is 0.0258. The molecular weight excluding hydrogens is 210 g/mol. The van der Waals surface area contributed by atoms with Gasteiger partial charge in [-0.05, 0) is 6.07 Å². The van der Waals surface area contributed by atoms with Crippen LogP contribution in [0.5, 0.6) is 11.5 Å². The Balaban J connectivity index is 3.16. The summed E-state index contributed by atoms with van der Waals surface area (Å²) < 4.78 is 10.1. The van der Waals surface area contributed by atoms with Gasteiger partial charge in [0.1, 0.15) is 11.5 Å². The van der Waals surface area contributed by atoms with Crippen LogP contribution in [0.4, 0.5) is 0 Å². The molecule has 0 aliphatic heterocycles. The van der Waals surface area contributed by atoms with Crippen LogP contribution in [0.15, 0.2) is 18.2 Å². The number of benzene rings is 1. The minimum Gasteiger partial charge on any atom is -0.497 e. The van der Waals surface area contributed by atoms with Gasteiger partial charge in [-0.15, -0.1) is 0 Å². The number of hydrogen-bond acceptors (Lipinski definition) is 4. The van der Waals surface area contributed by atoms with Crippen molar-refractivity contribution in [1.29, 1.82) is 0 Å². The highest BCUT2D eigenvalue weighted by Gasteiger charge is 2.22. The van der Waals surface area contributed by atoms with Crippen molar-refractivity contribution in [2.45, 2.75) is 5.92 Å². The fraction of sp³-hybridized carbons (Fsp3) is 0.364. The molecule has 0 radical (unpaired) electrons. The molecule has 1 atom stereocenters. The SMILES string of the molecule is COc1ccc(C(CN)C(=O)O)c(OC)c1. The monoisotopic (exact) mass is 225 g/mol. The summed E-state index contributed by atoms with van der Waals surface area (Å²) in [6.07, 6.45) is 0. The van der Waals surface area contributed by atoms with Crippen LogP contribution >= 0.6 is 0 Å². The average molecular weight is 225 g/mol. The molecule has 1 unspecified atom stereocenters. The first-order valence-corrected chi connectivity index (χ1v) is 4.78. The van der Waals surface area contributed by atoms with Crippen molar-refractivity contribution in [2.75, 3.05) is 20.8 Å². The standard InChI is InChI=1S/C11H15NO4/c1-15-7-3-4-8(10(5-7)16-2)9(6-12)11(13)14/h3-5,9H,6,12H2,1-2H3,(H,13,14). The Kier molecular flexibility index (Phi) is 4.13. The van der Waals surface area contributed by atoms with Crippen LogP contribution in [0.3, 0.4) is 0 Å². The first-order valence-electron chi connectivity index (χ1n) is 4.78. The fourth-order valence-corrected chi connectivity index (χ4v) is 1.47. The predicted octanol–water partition coefficient (Wildman–Crippen LogP) is 0.831. The van der Waals surface area contributed by atoms with Gasteiger partial charge in [-0.2, -0.15) is 0 Å². The summed E-state index contributed by atoms with van der Waals surface area (Å²) in [7, 11) is 3.01. The van der Waals surface area contributed by atoms with Gasteiger partial charge in [0.2, 0.25) is 0 Å². The Morgan fingerprint density at radius 1 is 1.44 bits per heavy atom. The number of carboxylic acids is 1. The van der Waals surface area contributed by atoms with E-state index in [-0.39, 0.29) is 6.54 Å². The Morgan fingerprint density at radius 2 is 2.12 bits per heavy atom. The van der Waals surface area contributed by atoms with Gasteiger partial charge >= 0.3 is 5.97 Å². The minimum absolute atomic E-state index is 0.0258. The van der Waals surface area contributed by atoms with E-state index in [0.29, 0.717) is 17.1 Å². The van der Waals surface area contributed by atoms with E-state index in [1.165, 1.54) is 14.2 Å². The topological polar surface area (TPSA) is 81.8 Å². The summed E-state index contributed by atoms with van der Waals surface area (Å²) in [5.41, 5.74) is 5.99. The second-order valence-electron chi connectivity index (χ2n) is 3.23. The second-order valence-corrected chi connectivity index (χ2v) is 3.23. The third kappa shape index (κ3) is 2.43. The number of nitrogens with two attached hydrogens (primary N) is 1. The van der Waals surface area contributed by atoms with Crippen molar-refractivity contribution < 1.29 is 19.4 Å². The van der Waals surface area contributed by atoms with E-state index < -0.39 is 11.9 Å². The van der Waals surface area contributed by atoms with Crippen molar-refractivity contribution >= 4 is 5.97 Å². The molecule has 0 aliphatic rings. The van der Waals surface area contributed by atoms with Crippen LogP contribution in [0, 0.1) is 0 Å². The number of ether oxygens (including phenoxy) is 2. The quantitative estimate of drug-likeness (QED) is 0.775. The van der Waals surface area contributed by atoms with Crippen LogP contribution in [0.25, 0.3) is 0 Å². The summed E-state index contributed by atoms with van der Waals surface area (Å²) in [4.78, 5) is 11.0. The number of hydrogen-bond donors (Lipinski definition) is 2. The molecule has 88 valence electrons. The number of carbonyl (C=O) groups is 1. The Morgan fingerprint density at radius 3 is 2.56 bits per heavy atom. The van der Waals surface area contributed by atoms with Gasteiger partial charge < -0.3 is 20.3 Å². The maximum atomic E-state index is 11.0. The summed E-state index contributed by atoms with van der Waals surface area (Å²) >= 11 is 0. The van der Waals surface area contributed by atoms with Crippen molar-refractivity contribution in [1.82, 2.24) is 0 Å². The molecule has 3 N–H and O–H groups in total. The van der Waals surface area contributed by atoms with E-state index in [1.54, 1.807) is 18.2 Å². The molecule has 5 heteroatoms. The third-order valence-corrected chi connectivity index (χ3v) is 2.35. The second kappa shape index (κ2) is 5.37. The smallest absolute Gasteiger partial charge is 0.312 e. The molecule has 0 saturated carbocycles. The van der Waals surface area contributed by atoms with E-state index in [4.69, 9.17) is 20.3 Å². The fourth-order valence-electron chi connectivity index (χ4n) is 1.47. The van der Waals surface area contributed by atoms with E-state index >= 15 is 0 Å². The molecule has 0 bridgehead atoms. The van der Waals surface area contributed by atoms with E-state index in [1.807, 2.05) is 0 Å². The highest BCUT2D eigenvalue weighted by Crippen LogP contribution is 2.30. The summed E-state index contributed by atoms with van der Waals surface area (Å²) in [5, 5.41) is 9.01. The Labute approximate surface area is 93.8 Å². The normalized spacial score (nSPS) is 11.9. The number of aliphatic carboxylic acids is 1. The van der Waals surface area contributed by atoms with Crippen LogP contribution in [0.1, 0.15) is 11.5 Å². The Bertz CT molecular complexity index is 378. The zero-order valence-electron chi connectivity index (χ0n) is 9.27. The summed E-state index contributed by atoms with van der Waals surface area (Å²) in [6, 6.07) is 4.98. The van der Waals surface area contributed by atoms with Crippen LogP contribution in [-0.4, -0.2) is 31.8 Å². The molecule has 0 heterocycles. The minimum atomic E-state index is -0.967. The molecule has 0 saturated heterocycles. The van der Waals surface area contributed by atoms with E-state index in [0.717, 1.165) is 0 Å². The number of methoxy groups -OCH3 is 2. The molecule has 1 aromatic rings. The highest BCUT2D eigenvalue weighted by atomic mass is 16.5. The maximum absolute atomic E-state index is 11.0. The lowest BCUT2D eigenvalue weighted by molar-refractivity contribution is -0.138. The molecule has 0 fully saturated rings. The zero-order chi connectivity index (χ0) is 12.1. The van der Waals surface area contributed by atoms with Gasteiger partial charge in [0, 0.05) is 18.2 Å². The third-order valence-electron chi connectivity index (χ3n) is 2.35. The lowest BCUT2D eigenvalue weighted by atomic mass is 9.98. The highest BCUT2D eigenvalue weighted by molar-refractivity contribution is 5.77. The maximum Gasteiger partial charge on any atom is 0.312 e. The lowest BCUT2D eigenvalue weighted by Crippen LogP contribution is -2.21. The van der Waals surface area contributed by atoms with Gasteiger partial charge in [0.25, 0.3) is 0 Å². The lowest BCUT2D eigenvalue weighted by Gasteiger charge is -2.15. The molecule has 1 aromatic carbocycles. The van der Waals surface area contributed by atoms with E-state index in [2.05, 4.69) is 0 Å². The first-order chi connectivity index (χ1) is 7.63. The molecule has 0 aliphatic carbocycles. The molecule has 0 amide bonds. The van der Waals surface area contributed by atoms with E-state index in [9.17, 15) is 4.79 Å². The first kappa shape index (κ1) is 12.3. The van der Waals surface area contributed by atoms with Gasteiger partial charge in [-0.3, -0.25) is 4.79 Å². The predicted molar refractivity (Wildman–Crippen MR) is 59.0 cm³/mol. The Hall–Kier alpha value is -1.75. The van der Waals surface area contributed by atoms with Crippen molar-refractivity contribution in [3.05, 3.63) is 23.8 Å². The number of carboxylic acid groups (broad SMARTS) is 1. The molecule has 16 heavy (non-hydrogen) atoms. The van der Waals surface area contributed by atoms with Crippen molar-refractivity contribution in [3.8, 4) is 11.5 Å². The molecule has 5 nitrogen and oxygen atoms in total. The van der Waals surface area contributed by atoms with Crippen LogP contribution < -0.4 is 15.2 Å². The van der Waals surface area contributed by atoms with Crippen molar-refractivity contribution in [3.63, 3.8) is 0 Å². The molecule has 0 aromatic heterocycles. The average Bonchev–Trinajstić information content (AvgIpc) is 2.29. The summed E-state index contributed by atoms with van der Waals surface area (Å²) in [5.74, 6) is -0.647. The number of rotatable bonds is 5. The molecular formula is C11H15NO4. The largest absolute Gasteiger partial charge is 0.497 e.